The molecule has 1 aliphatic heterocycles. The van der Waals surface area contributed by atoms with Gasteiger partial charge in [0.25, 0.3) is 0 Å². The van der Waals surface area contributed by atoms with Crippen molar-refractivity contribution in [3.05, 3.63) is 12.2 Å². The van der Waals surface area contributed by atoms with Crippen molar-refractivity contribution < 1.29 is 0 Å². The Kier molecular flexibility index (Phi) is 2.41. The van der Waals surface area contributed by atoms with Gasteiger partial charge in [-0.15, -0.1) is 11.8 Å². The first-order chi connectivity index (χ1) is 3.83. The smallest absolute Gasteiger partial charge is 0.0738 e. The van der Waals surface area contributed by atoms with Gasteiger partial charge in [-0.3, -0.25) is 0 Å². The quantitative estimate of drug-likeness (QED) is 0.543. The lowest BCUT2D eigenvalue weighted by molar-refractivity contribution is 1.70. The lowest BCUT2D eigenvalue weighted by Crippen LogP contribution is -1.83. The van der Waals surface area contributed by atoms with E-state index in [-0.39, 0.29) is 0 Å². The molecule has 0 aromatic carbocycles. The summed E-state index contributed by atoms with van der Waals surface area (Å²) in [4.78, 5) is 0. The van der Waals surface area contributed by atoms with E-state index in [1.54, 1.807) is 11.8 Å². The van der Waals surface area contributed by atoms with Crippen molar-refractivity contribution >= 4 is 39.9 Å². The van der Waals surface area contributed by atoms with E-state index in [1.165, 1.54) is 0 Å². The molecule has 1 rings (SSSR count). The molecule has 0 N–H and O–H groups in total. The van der Waals surface area contributed by atoms with Gasteiger partial charge in [-0.25, -0.2) is 0 Å². The number of hydrogen-bond donors (Lipinski definition) is 0. The predicted octanol–water partition coefficient (Wildman–Crippen LogP) is 2.31. The third-order valence-corrected chi connectivity index (χ3v) is 3.52. The van der Waals surface area contributed by atoms with Crippen LogP contribution in [0.4, 0.5) is 0 Å². The molecule has 0 saturated heterocycles. The average molecular weight is 162 g/mol. The monoisotopic (exact) mass is 162 g/mol. The number of hydrogen-bond acceptors (Lipinski definition) is 3. The first kappa shape index (κ1) is 6.65. The molecule has 0 fully saturated rings. The van der Waals surface area contributed by atoms with Gasteiger partial charge >= 0.3 is 0 Å². The topological polar surface area (TPSA) is 0 Å². The Bertz CT molecular complexity index is 128. The van der Waals surface area contributed by atoms with Crippen molar-refractivity contribution in [2.45, 2.75) is 4.58 Å². The van der Waals surface area contributed by atoms with Crippen LogP contribution in [-0.4, -0.2) is 15.0 Å². The fourth-order valence-electron chi connectivity index (χ4n) is 0.477. The van der Waals surface area contributed by atoms with Gasteiger partial charge in [0.05, 0.1) is 8.78 Å². The Morgan fingerprint density at radius 1 is 1.88 bits per heavy atom. The Morgan fingerprint density at radius 2 is 2.62 bits per heavy atom. The van der Waals surface area contributed by atoms with Gasteiger partial charge in [0.15, 0.2) is 0 Å². The Labute approximate surface area is 63.1 Å². The highest BCUT2D eigenvalue weighted by atomic mass is 32.2. The van der Waals surface area contributed by atoms with Crippen LogP contribution in [0.2, 0.25) is 0 Å². The Balaban J connectivity index is 2.46. The van der Waals surface area contributed by atoms with E-state index in [4.69, 9.17) is 12.2 Å². The van der Waals surface area contributed by atoms with Gasteiger partial charge in [-0.1, -0.05) is 30.1 Å². The molecule has 44 valence electrons. The molecule has 0 bridgehead atoms. The number of thiocarbonyl (C=S) groups is 1. The lowest BCUT2D eigenvalue weighted by atomic mass is 10.6. The SMILES string of the molecule is CSC1C=CC(=S)S1. The van der Waals surface area contributed by atoms with Crippen molar-refractivity contribution in [3.63, 3.8) is 0 Å². The van der Waals surface area contributed by atoms with Crippen LogP contribution in [0, 0.1) is 0 Å². The molecule has 1 heterocycles. The molecule has 0 aromatic rings. The van der Waals surface area contributed by atoms with Crippen molar-refractivity contribution in [3.8, 4) is 0 Å². The van der Waals surface area contributed by atoms with Crippen LogP contribution >= 0.6 is 35.7 Å². The number of thioether (sulfide) groups is 2. The van der Waals surface area contributed by atoms with Crippen molar-refractivity contribution in [2.75, 3.05) is 6.26 Å². The van der Waals surface area contributed by atoms with Crippen LogP contribution < -0.4 is 0 Å². The summed E-state index contributed by atoms with van der Waals surface area (Å²) >= 11 is 8.50. The third kappa shape index (κ3) is 1.50. The largest absolute Gasteiger partial charge is 0.146 e. The van der Waals surface area contributed by atoms with Gasteiger partial charge in [-0.2, -0.15) is 0 Å². The maximum Gasteiger partial charge on any atom is 0.0738 e. The van der Waals surface area contributed by atoms with Gasteiger partial charge in [0.2, 0.25) is 0 Å². The first-order valence-corrected chi connectivity index (χ1v) is 4.82. The fourth-order valence-corrected chi connectivity index (χ4v) is 2.52. The summed E-state index contributed by atoms with van der Waals surface area (Å²) < 4.78 is 1.60. The molecule has 0 amide bonds. The summed E-state index contributed by atoms with van der Waals surface area (Å²) in [6.45, 7) is 0. The summed E-state index contributed by atoms with van der Waals surface area (Å²) in [7, 11) is 0. The van der Waals surface area contributed by atoms with Gasteiger partial charge in [0, 0.05) is 0 Å². The third-order valence-electron chi connectivity index (χ3n) is 0.854. The van der Waals surface area contributed by atoms with Gasteiger partial charge < -0.3 is 0 Å². The molecule has 0 radical (unpaired) electrons. The van der Waals surface area contributed by atoms with E-state index in [0.29, 0.717) is 4.58 Å². The van der Waals surface area contributed by atoms with Crippen LogP contribution in [0.3, 0.4) is 0 Å². The lowest BCUT2D eigenvalue weighted by Gasteiger charge is -1.97. The first-order valence-electron chi connectivity index (χ1n) is 2.24. The molecule has 1 unspecified atom stereocenters. The second-order valence-electron chi connectivity index (χ2n) is 1.40. The van der Waals surface area contributed by atoms with Crippen LogP contribution in [0.15, 0.2) is 12.2 Å². The summed E-state index contributed by atoms with van der Waals surface area (Å²) in [5.41, 5.74) is 0. The minimum Gasteiger partial charge on any atom is -0.146 e. The summed E-state index contributed by atoms with van der Waals surface area (Å²) in [6, 6.07) is 0. The van der Waals surface area contributed by atoms with Gasteiger partial charge in [-0.05, 0) is 12.3 Å². The minimum atomic E-state index is 0.586. The molecule has 0 aliphatic carbocycles. The summed E-state index contributed by atoms with van der Waals surface area (Å²) in [5, 5.41) is 0. The zero-order valence-electron chi connectivity index (χ0n) is 4.46. The minimum absolute atomic E-state index is 0.586. The molecule has 3 heteroatoms. The summed E-state index contributed by atoms with van der Waals surface area (Å²) in [6.07, 6.45) is 6.23. The molecule has 1 aliphatic rings. The highest BCUT2D eigenvalue weighted by molar-refractivity contribution is 8.31. The standard InChI is InChI=1S/C5H6S3/c1-7-5-3-2-4(6)8-5/h2-3,5H,1H3. The van der Waals surface area contributed by atoms with Crippen LogP contribution in [0.1, 0.15) is 0 Å². The van der Waals surface area contributed by atoms with E-state index in [2.05, 4.69) is 12.3 Å². The highest BCUT2D eigenvalue weighted by Crippen LogP contribution is 2.29. The molecular formula is C5H6S3. The second-order valence-corrected chi connectivity index (χ2v) is 4.56. The van der Waals surface area contributed by atoms with E-state index < -0.39 is 0 Å². The zero-order valence-corrected chi connectivity index (χ0v) is 6.91. The van der Waals surface area contributed by atoms with Crippen LogP contribution in [0.5, 0.6) is 0 Å². The van der Waals surface area contributed by atoms with Crippen molar-refractivity contribution in [2.24, 2.45) is 0 Å². The average Bonchev–Trinajstić information content (AvgIpc) is 2.14. The number of rotatable bonds is 1. The van der Waals surface area contributed by atoms with Crippen LogP contribution in [0.25, 0.3) is 0 Å². The normalized spacial score (nSPS) is 27.1. The molecule has 1 atom stereocenters. The van der Waals surface area contributed by atoms with E-state index in [0.717, 1.165) is 4.20 Å². The second kappa shape index (κ2) is 2.90. The predicted molar refractivity (Wildman–Crippen MR) is 46.6 cm³/mol. The Hall–Kier alpha value is 0.530. The van der Waals surface area contributed by atoms with Crippen molar-refractivity contribution in [1.29, 1.82) is 0 Å². The maximum atomic E-state index is 4.93. The Morgan fingerprint density at radius 3 is 2.88 bits per heavy atom. The molecular weight excluding hydrogens is 156 g/mol. The molecule has 0 aromatic heterocycles. The molecule has 0 nitrogen and oxygen atoms in total. The van der Waals surface area contributed by atoms with E-state index in [9.17, 15) is 0 Å². The fraction of sp³-hybridized carbons (Fsp3) is 0.400. The molecule has 8 heavy (non-hydrogen) atoms. The van der Waals surface area contributed by atoms with E-state index in [1.807, 2.05) is 17.8 Å². The molecule has 0 saturated carbocycles. The van der Waals surface area contributed by atoms with Crippen molar-refractivity contribution in [1.82, 2.24) is 0 Å². The summed E-state index contributed by atoms with van der Waals surface area (Å²) in [5.74, 6) is 0. The van der Waals surface area contributed by atoms with Gasteiger partial charge in [0.1, 0.15) is 0 Å². The maximum absolute atomic E-state index is 4.93. The molecule has 0 spiro atoms. The zero-order chi connectivity index (χ0) is 5.98. The van der Waals surface area contributed by atoms with E-state index >= 15 is 0 Å². The van der Waals surface area contributed by atoms with Crippen LogP contribution in [-0.2, 0) is 0 Å². The highest BCUT2D eigenvalue weighted by Gasteiger charge is 2.10.